The van der Waals surface area contributed by atoms with Gasteiger partial charge in [0, 0.05) is 13.3 Å². The van der Waals surface area contributed by atoms with Gasteiger partial charge in [-0.3, -0.25) is 9.59 Å². The van der Waals surface area contributed by atoms with Gasteiger partial charge in [0.15, 0.2) is 31.1 Å². The second-order valence-corrected chi connectivity index (χ2v) is 19.7. The van der Waals surface area contributed by atoms with Crippen LogP contribution in [0.15, 0.2) is 0 Å². The molecule has 21 nitrogen and oxygen atoms in total. The molecule has 3 fully saturated rings. The molecular weight excluding hydrogens is 925 g/mol. The first-order valence-electron chi connectivity index (χ1n) is 25.9. The lowest BCUT2D eigenvalue weighted by Gasteiger charge is -2.46. The SMILES string of the molecule is CCCC[C@H](CCC[C@H](O)[C@@H](O)CCCCCCCCCCCCCC[C@H](O)C(=O)O)O[C@H]1OC[C@H](O)[C@@H](O)[C@@H]1O[C@H]1OC[C@H](O)[C@@H](O)[C@@H]1O[C@H]1O[C@@H](COC(=O)CC(C)C)[C@H](OC(C)=O)[C@@H](O)[C@@H]1O. The van der Waals surface area contributed by atoms with E-state index in [2.05, 4.69) is 0 Å². The Morgan fingerprint density at radius 3 is 1.60 bits per heavy atom. The van der Waals surface area contributed by atoms with Crippen molar-refractivity contribution in [2.24, 2.45) is 5.92 Å². The molecule has 3 saturated heterocycles. The lowest BCUT2D eigenvalue weighted by atomic mass is 9.98. The highest BCUT2D eigenvalue weighted by molar-refractivity contribution is 5.71. The van der Waals surface area contributed by atoms with Gasteiger partial charge < -0.3 is 89.0 Å². The molecule has 0 aromatic carbocycles. The lowest BCUT2D eigenvalue weighted by molar-refractivity contribution is -0.380. The summed E-state index contributed by atoms with van der Waals surface area (Å²) in [5.74, 6) is -2.62. The Morgan fingerprint density at radius 2 is 1.07 bits per heavy atom. The first kappa shape index (κ1) is 62.1. The molecule has 21 heteroatoms. The summed E-state index contributed by atoms with van der Waals surface area (Å²) in [5.41, 5.74) is 0. The second kappa shape index (κ2) is 33.6. The molecule has 3 heterocycles. The van der Waals surface area contributed by atoms with Gasteiger partial charge in [-0.05, 0) is 44.4 Å². The molecule has 0 unspecified atom stereocenters. The van der Waals surface area contributed by atoms with Crippen LogP contribution in [0.25, 0.3) is 0 Å². The summed E-state index contributed by atoms with van der Waals surface area (Å²) in [7, 11) is 0. The summed E-state index contributed by atoms with van der Waals surface area (Å²) in [6.07, 6.45) is -7.77. The number of aliphatic carboxylic acids is 1. The average Bonchev–Trinajstić information content (AvgIpc) is 3.31. The molecule has 3 rings (SSSR count). The Labute approximate surface area is 413 Å². The third-order valence-corrected chi connectivity index (χ3v) is 13.1. The first-order valence-corrected chi connectivity index (χ1v) is 25.9. The van der Waals surface area contributed by atoms with Gasteiger partial charge in [-0.25, -0.2) is 4.79 Å². The van der Waals surface area contributed by atoms with E-state index in [1.165, 1.54) is 0 Å². The quantitative estimate of drug-likeness (QED) is 0.0321. The zero-order chi connectivity index (χ0) is 51.8. The number of rotatable bonds is 35. The molecule has 0 amide bonds. The number of aliphatic hydroxyl groups is 9. The van der Waals surface area contributed by atoms with Crippen LogP contribution >= 0.6 is 0 Å². The molecule has 0 spiro atoms. The molecule has 0 aromatic rings. The molecular formula is C49H88O21. The van der Waals surface area contributed by atoms with Crippen molar-refractivity contribution in [2.45, 2.75) is 267 Å². The second-order valence-electron chi connectivity index (χ2n) is 19.7. The van der Waals surface area contributed by atoms with E-state index in [4.69, 9.17) is 43.0 Å². The largest absolute Gasteiger partial charge is 0.479 e. The minimum absolute atomic E-state index is 0.0403. The summed E-state index contributed by atoms with van der Waals surface area (Å²) >= 11 is 0. The van der Waals surface area contributed by atoms with Crippen LogP contribution in [0.4, 0.5) is 0 Å². The number of ether oxygens (including phenoxy) is 8. The van der Waals surface area contributed by atoms with E-state index in [-0.39, 0.29) is 18.9 Å². The summed E-state index contributed by atoms with van der Waals surface area (Å²) < 4.78 is 46.5. The number of carbonyl (C=O) groups is 3. The Balaban J connectivity index is 1.52. The Hall–Kier alpha value is -2.19. The number of hydrogen-bond donors (Lipinski definition) is 10. The van der Waals surface area contributed by atoms with Crippen LogP contribution < -0.4 is 0 Å². The predicted molar refractivity (Wildman–Crippen MR) is 248 cm³/mol. The highest BCUT2D eigenvalue weighted by atomic mass is 16.8. The monoisotopic (exact) mass is 1010 g/mol. The predicted octanol–water partition coefficient (Wildman–Crippen LogP) is 2.26. The van der Waals surface area contributed by atoms with Gasteiger partial charge in [0.1, 0.15) is 61.5 Å². The van der Waals surface area contributed by atoms with Crippen molar-refractivity contribution in [2.75, 3.05) is 19.8 Å². The zero-order valence-corrected chi connectivity index (χ0v) is 41.8. The van der Waals surface area contributed by atoms with Gasteiger partial charge in [-0.2, -0.15) is 0 Å². The number of hydrogen-bond acceptors (Lipinski definition) is 20. The fourth-order valence-electron chi connectivity index (χ4n) is 8.85. The van der Waals surface area contributed by atoms with Crippen molar-refractivity contribution in [3.8, 4) is 0 Å². The number of unbranched alkanes of at least 4 members (excludes halogenated alkanes) is 12. The van der Waals surface area contributed by atoms with Gasteiger partial charge in [0.25, 0.3) is 0 Å². The lowest BCUT2D eigenvalue weighted by Crippen LogP contribution is -2.65. The van der Waals surface area contributed by atoms with Gasteiger partial charge >= 0.3 is 17.9 Å². The third-order valence-electron chi connectivity index (χ3n) is 13.1. The van der Waals surface area contributed by atoms with Crippen LogP contribution in [-0.2, 0) is 52.3 Å². The van der Waals surface area contributed by atoms with Crippen molar-refractivity contribution < 1.29 is 103 Å². The number of carboxylic acid groups (broad SMARTS) is 1. The third kappa shape index (κ3) is 22.1. The molecule has 0 bridgehead atoms. The number of esters is 2. The molecule has 410 valence electrons. The van der Waals surface area contributed by atoms with E-state index in [1.54, 1.807) is 13.8 Å². The summed E-state index contributed by atoms with van der Waals surface area (Å²) in [5, 5.41) is 106. The fourth-order valence-corrected chi connectivity index (χ4v) is 8.85. The van der Waals surface area contributed by atoms with Crippen LogP contribution in [0, 0.1) is 5.92 Å². The van der Waals surface area contributed by atoms with Crippen LogP contribution in [0.5, 0.6) is 0 Å². The van der Waals surface area contributed by atoms with E-state index in [0.717, 1.165) is 96.8 Å². The molecule has 70 heavy (non-hydrogen) atoms. The minimum atomic E-state index is -1.91. The first-order chi connectivity index (χ1) is 33.3. The molecule has 0 radical (unpaired) electrons. The maximum absolute atomic E-state index is 12.4. The molecule has 10 N–H and O–H groups in total. The number of carboxylic acids is 1. The smallest absolute Gasteiger partial charge is 0.332 e. The van der Waals surface area contributed by atoms with Gasteiger partial charge in [0.2, 0.25) is 0 Å². The van der Waals surface area contributed by atoms with Crippen LogP contribution in [0.1, 0.15) is 163 Å². The van der Waals surface area contributed by atoms with Crippen molar-refractivity contribution >= 4 is 17.9 Å². The standard InChI is InChI=1S/C49H88O21/c1-5-6-20-31(21-19-24-33(52)32(51)22-17-15-13-11-9-7-8-10-12-14-16-18-23-34(53)46(61)62)67-48-44(39(57)35(54)26-64-48)70-49-45(40(58)36(55)27-65-49)69-47-42(60)41(59)43(66-30(4)50)37(68-47)28-63-38(56)25-29(2)3/h29,31-37,39-45,47-49,51-55,57-60H,5-28H2,1-4H3,(H,61,62)/t31-,32+,33+,34+,35+,36+,37+,39-,40-,41+,42+,43+,44+,45+,47-,48-,49-/m1/s1. The maximum Gasteiger partial charge on any atom is 0.332 e. The zero-order valence-electron chi connectivity index (χ0n) is 41.8. The van der Waals surface area contributed by atoms with Crippen LogP contribution in [0.2, 0.25) is 0 Å². The molecule has 0 saturated carbocycles. The van der Waals surface area contributed by atoms with Gasteiger partial charge in [-0.15, -0.1) is 0 Å². The Kier molecular flexibility index (Phi) is 29.8. The van der Waals surface area contributed by atoms with Gasteiger partial charge in [0.05, 0.1) is 31.5 Å². The van der Waals surface area contributed by atoms with Crippen molar-refractivity contribution in [3.63, 3.8) is 0 Å². The number of aliphatic hydroxyl groups excluding tert-OH is 9. The van der Waals surface area contributed by atoms with E-state index in [9.17, 15) is 60.3 Å². The van der Waals surface area contributed by atoms with E-state index in [0.29, 0.717) is 38.5 Å². The van der Waals surface area contributed by atoms with E-state index < -0.39 is 135 Å². The normalized spacial score (nSPS) is 31.2. The van der Waals surface area contributed by atoms with Crippen molar-refractivity contribution in [1.82, 2.24) is 0 Å². The molecule has 0 aromatic heterocycles. The molecule has 3 aliphatic heterocycles. The van der Waals surface area contributed by atoms with Crippen molar-refractivity contribution in [1.29, 1.82) is 0 Å². The number of carbonyl (C=O) groups excluding carboxylic acids is 2. The fraction of sp³-hybridized carbons (Fsp3) is 0.939. The van der Waals surface area contributed by atoms with E-state index in [1.807, 2.05) is 6.92 Å². The summed E-state index contributed by atoms with van der Waals surface area (Å²) in [6, 6.07) is 0. The Morgan fingerprint density at radius 1 is 0.586 bits per heavy atom. The van der Waals surface area contributed by atoms with Gasteiger partial charge in [-0.1, -0.05) is 111 Å². The van der Waals surface area contributed by atoms with E-state index >= 15 is 0 Å². The topological polar surface area (TPSA) is 327 Å². The molecule has 17 atom stereocenters. The Bertz CT molecular complexity index is 1440. The van der Waals surface area contributed by atoms with Crippen LogP contribution in [0.3, 0.4) is 0 Å². The van der Waals surface area contributed by atoms with Crippen molar-refractivity contribution in [3.05, 3.63) is 0 Å². The average molecular weight is 1010 g/mol. The summed E-state index contributed by atoms with van der Waals surface area (Å²) in [4.78, 5) is 35.0. The molecule has 3 aliphatic rings. The maximum atomic E-state index is 12.4. The minimum Gasteiger partial charge on any atom is -0.479 e. The highest BCUT2D eigenvalue weighted by Gasteiger charge is 2.52. The highest BCUT2D eigenvalue weighted by Crippen LogP contribution is 2.33. The molecule has 0 aliphatic carbocycles. The summed E-state index contributed by atoms with van der Waals surface area (Å²) in [6.45, 7) is 5.41. The van der Waals surface area contributed by atoms with Crippen LogP contribution in [-0.4, -0.2) is 193 Å².